The van der Waals surface area contributed by atoms with Gasteiger partial charge in [0.05, 0.1) is 5.75 Å². The van der Waals surface area contributed by atoms with Crippen molar-refractivity contribution < 1.29 is 22.9 Å². The van der Waals surface area contributed by atoms with Gasteiger partial charge in [0.2, 0.25) is 0 Å². The molecule has 0 radical (unpaired) electrons. The molecule has 1 N–H and O–H groups in total. The molecular weight excluding hydrogens is 266 g/mol. The highest BCUT2D eigenvalue weighted by atomic mass is 32.2. The monoisotopic (exact) mass is 283 g/mol. The summed E-state index contributed by atoms with van der Waals surface area (Å²) in [6, 6.07) is 0. The topological polar surface area (TPSA) is 113 Å². The van der Waals surface area contributed by atoms with Crippen LogP contribution in [0.5, 0.6) is 0 Å². The molecule has 10 heteroatoms. The van der Waals surface area contributed by atoms with E-state index in [4.69, 9.17) is 4.55 Å². The van der Waals surface area contributed by atoms with Crippen LogP contribution < -0.4 is 0 Å². The summed E-state index contributed by atoms with van der Waals surface area (Å²) in [5, 5.41) is 9.13. The van der Waals surface area contributed by atoms with Crippen LogP contribution >= 0.6 is 0 Å². The molecule has 1 saturated heterocycles. The molecule has 0 unspecified atom stereocenters. The van der Waals surface area contributed by atoms with Gasteiger partial charge >= 0.3 is 0 Å². The highest BCUT2D eigenvalue weighted by molar-refractivity contribution is 7.85. The van der Waals surface area contributed by atoms with Gasteiger partial charge in [0, 0.05) is 39.3 Å². The minimum atomic E-state index is -3.91. The van der Waals surface area contributed by atoms with Gasteiger partial charge in [0.1, 0.15) is 6.61 Å². The predicted octanol–water partition coefficient (Wildman–Crippen LogP) is -1.30. The third-order valence-corrected chi connectivity index (χ3v) is 3.43. The largest absolute Gasteiger partial charge is 0.313 e. The Morgan fingerprint density at radius 3 is 2.11 bits per heavy atom. The number of hydrogen-bond acceptors (Lipinski definition) is 7. The molecule has 0 amide bonds. The van der Waals surface area contributed by atoms with Crippen LogP contribution in [0.1, 0.15) is 0 Å². The summed E-state index contributed by atoms with van der Waals surface area (Å²) in [7, 11) is -3.91. The third-order valence-electron chi connectivity index (χ3n) is 2.73. The zero-order valence-corrected chi connectivity index (χ0v) is 10.7. The Labute approximate surface area is 105 Å². The first-order valence-corrected chi connectivity index (χ1v) is 7.15. The Morgan fingerprint density at radius 1 is 1.17 bits per heavy atom. The lowest BCUT2D eigenvalue weighted by Gasteiger charge is -2.34. The summed E-state index contributed by atoms with van der Waals surface area (Å²) in [6.07, 6.45) is 0. The molecule has 0 atom stereocenters. The van der Waals surface area contributed by atoms with E-state index in [1.807, 2.05) is 9.80 Å². The minimum Gasteiger partial charge on any atom is -0.313 e. The summed E-state index contributed by atoms with van der Waals surface area (Å²) < 4.78 is 29.8. The van der Waals surface area contributed by atoms with Crippen molar-refractivity contribution in [2.75, 3.05) is 51.6 Å². The maximum absolute atomic E-state index is 10.6. The number of hydrogen-bond donors (Lipinski definition) is 1. The van der Waals surface area contributed by atoms with Crippen molar-refractivity contribution in [2.45, 2.75) is 0 Å². The van der Waals surface area contributed by atoms with E-state index in [0.29, 0.717) is 39.3 Å². The first-order chi connectivity index (χ1) is 8.37. The van der Waals surface area contributed by atoms with E-state index in [-0.39, 0.29) is 12.4 Å². The molecule has 9 nitrogen and oxygen atoms in total. The standard InChI is InChI=1S/C8H17N3O6S/c12-11(13)17-7-5-9-1-3-10(4-2-9)6-8-18(14,15)16/h1-8H2,(H,14,15,16). The Kier molecular flexibility index (Phi) is 5.72. The Bertz CT molecular complexity index is 365. The van der Waals surface area contributed by atoms with Crippen molar-refractivity contribution >= 4 is 10.1 Å². The third kappa shape index (κ3) is 6.69. The van der Waals surface area contributed by atoms with Crippen molar-refractivity contribution in [3.8, 4) is 0 Å². The fourth-order valence-electron chi connectivity index (χ4n) is 1.73. The molecule has 1 rings (SSSR count). The van der Waals surface area contributed by atoms with Crippen LogP contribution in [-0.4, -0.2) is 79.5 Å². The summed E-state index contributed by atoms with van der Waals surface area (Å²) in [6.45, 7) is 3.57. The van der Waals surface area contributed by atoms with Crippen LogP contribution in [0.3, 0.4) is 0 Å². The summed E-state index contributed by atoms with van der Waals surface area (Å²) >= 11 is 0. The lowest BCUT2D eigenvalue weighted by Crippen LogP contribution is -2.48. The Morgan fingerprint density at radius 2 is 1.67 bits per heavy atom. The lowest BCUT2D eigenvalue weighted by molar-refractivity contribution is -0.757. The van der Waals surface area contributed by atoms with Crippen LogP contribution in [0, 0.1) is 10.1 Å². The summed E-state index contributed by atoms with van der Waals surface area (Å²) in [5.41, 5.74) is 0. The van der Waals surface area contributed by atoms with E-state index in [2.05, 4.69) is 4.84 Å². The molecule has 18 heavy (non-hydrogen) atoms. The molecule has 106 valence electrons. The predicted molar refractivity (Wildman–Crippen MR) is 62.2 cm³/mol. The van der Waals surface area contributed by atoms with Gasteiger partial charge in [-0.1, -0.05) is 0 Å². The maximum Gasteiger partial charge on any atom is 0.294 e. The van der Waals surface area contributed by atoms with Gasteiger partial charge in [-0.15, -0.1) is 10.1 Å². The molecule has 1 aliphatic rings. The average Bonchev–Trinajstić information content (AvgIpc) is 2.26. The first kappa shape index (κ1) is 15.1. The number of piperazine rings is 1. The van der Waals surface area contributed by atoms with Crippen LogP contribution in [0.25, 0.3) is 0 Å². The molecular formula is C8H17N3O6S. The zero-order chi connectivity index (χ0) is 13.6. The van der Waals surface area contributed by atoms with Crippen LogP contribution in [0.4, 0.5) is 0 Å². The molecule has 0 spiro atoms. The summed E-state index contributed by atoms with van der Waals surface area (Å²) in [4.78, 5) is 18.1. The van der Waals surface area contributed by atoms with E-state index in [0.717, 1.165) is 0 Å². The van der Waals surface area contributed by atoms with Crippen molar-refractivity contribution in [3.05, 3.63) is 10.1 Å². The molecule has 0 aromatic carbocycles. The van der Waals surface area contributed by atoms with Gasteiger partial charge in [0.25, 0.3) is 15.2 Å². The maximum atomic E-state index is 10.6. The van der Waals surface area contributed by atoms with Crippen LogP contribution in [0.15, 0.2) is 0 Å². The second kappa shape index (κ2) is 6.83. The smallest absolute Gasteiger partial charge is 0.294 e. The highest BCUT2D eigenvalue weighted by Gasteiger charge is 2.18. The normalized spacial score (nSPS) is 18.7. The fourth-order valence-corrected chi connectivity index (χ4v) is 2.21. The average molecular weight is 283 g/mol. The fraction of sp³-hybridized carbons (Fsp3) is 1.00. The minimum absolute atomic E-state index is 0.0397. The van der Waals surface area contributed by atoms with Crippen molar-refractivity contribution in [3.63, 3.8) is 0 Å². The van der Waals surface area contributed by atoms with Crippen LogP contribution in [-0.2, 0) is 15.0 Å². The van der Waals surface area contributed by atoms with E-state index >= 15 is 0 Å². The molecule has 0 bridgehead atoms. The lowest BCUT2D eigenvalue weighted by atomic mass is 10.3. The van der Waals surface area contributed by atoms with Gasteiger partial charge < -0.3 is 4.84 Å². The molecule has 1 aliphatic heterocycles. The number of nitrogens with zero attached hydrogens (tertiary/aromatic N) is 3. The van der Waals surface area contributed by atoms with E-state index in [9.17, 15) is 18.5 Å². The Hall–Kier alpha value is -0.970. The molecule has 0 aromatic heterocycles. The van der Waals surface area contributed by atoms with Gasteiger partial charge in [-0.25, -0.2) is 0 Å². The van der Waals surface area contributed by atoms with E-state index < -0.39 is 15.2 Å². The van der Waals surface area contributed by atoms with E-state index in [1.54, 1.807) is 0 Å². The van der Waals surface area contributed by atoms with Crippen molar-refractivity contribution in [2.24, 2.45) is 0 Å². The molecule has 0 aromatic rings. The van der Waals surface area contributed by atoms with Crippen molar-refractivity contribution in [1.29, 1.82) is 0 Å². The van der Waals surface area contributed by atoms with Gasteiger partial charge in [-0.3, -0.25) is 14.4 Å². The van der Waals surface area contributed by atoms with Crippen molar-refractivity contribution in [1.82, 2.24) is 9.80 Å². The Balaban J connectivity index is 2.14. The highest BCUT2D eigenvalue weighted by Crippen LogP contribution is 2.01. The second-order valence-electron chi connectivity index (χ2n) is 4.03. The SMILES string of the molecule is O=[N+]([O-])OCCN1CCN(CCS(=O)(=O)O)CC1. The second-order valence-corrected chi connectivity index (χ2v) is 5.60. The van der Waals surface area contributed by atoms with Gasteiger partial charge in [-0.05, 0) is 0 Å². The van der Waals surface area contributed by atoms with Gasteiger partial charge in [0.15, 0.2) is 0 Å². The molecule has 0 aliphatic carbocycles. The quantitative estimate of drug-likeness (QED) is 0.348. The number of rotatable bonds is 7. The molecule has 1 fully saturated rings. The zero-order valence-electron chi connectivity index (χ0n) is 9.90. The van der Waals surface area contributed by atoms with Gasteiger partial charge in [-0.2, -0.15) is 8.42 Å². The van der Waals surface area contributed by atoms with Crippen LogP contribution in [0.2, 0.25) is 0 Å². The molecule has 0 saturated carbocycles. The van der Waals surface area contributed by atoms with E-state index in [1.165, 1.54) is 0 Å². The summed E-state index contributed by atoms with van der Waals surface area (Å²) in [5.74, 6) is -0.266. The first-order valence-electron chi connectivity index (χ1n) is 5.54. The molecule has 1 heterocycles.